The minimum atomic E-state index is -3.09. The summed E-state index contributed by atoms with van der Waals surface area (Å²) in [6.45, 7) is 2.33. The van der Waals surface area contributed by atoms with E-state index in [2.05, 4.69) is 5.32 Å². The summed E-state index contributed by atoms with van der Waals surface area (Å²) in [6, 6.07) is 5.81. The maximum absolute atomic E-state index is 13.2. The smallest absolute Gasteiger partial charge is 0.154 e. The van der Waals surface area contributed by atoms with Crippen molar-refractivity contribution in [3.8, 4) is 0 Å². The number of hydrogen-bond acceptors (Lipinski definition) is 3. The summed E-state index contributed by atoms with van der Waals surface area (Å²) in [6.07, 6.45) is 0.610. The second-order valence-electron chi connectivity index (χ2n) is 4.41. The van der Waals surface area contributed by atoms with Gasteiger partial charge in [-0.15, -0.1) is 0 Å². The van der Waals surface area contributed by atoms with Crippen LogP contribution in [0.2, 0.25) is 0 Å². The zero-order valence-corrected chi connectivity index (χ0v) is 10.5. The van der Waals surface area contributed by atoms with Gasteiger partial charge in [0.25, 0.3) is 0 Å². The molecule has 1 N–H and O–H groups in total. The number of nitrogens with one attached hydrogen (secondary N) is 1. The first-order valence-corrected chi connectivity index (χ1v) is 7.43. The fraction of sp³-hybridized carbons (Fsp3) is 0.500. The Morgan fingerprint density at radius 2 is 2.18 bits per heavy atom. The molecule has 17 heavy (non-hydrogen) atoms. The van der Waals surface area contributed by atoms with Crippen LogP contribution in [0.25, 0.3) is 0 Å². The van der Waals surface area contributed by atoms with Crippen LogP contribution in [-0.4, -0.2) is 26.0 Å². The molecule has 2 unspecified atom stereocenters. The van der Waals surface area contributed by atoms with E-state index in [0.29, 0.717) is 18.5 Å². The van der Waals surface area contributed by atoms with Gasteiger partial charge in [0.15, 0.2) is 9.84 Å². The van der Waals surface area contributed by atoms with Crippen LogP contribution in [-0.2, 0) is 9.84 Å². The van der Waals surface area contributed by atoms with Crippen LogP contribution in [0, 0.1) is 5.82 Å². The molecule has 0 spiro atoms. The van der Waals surface area contributed by atoms with Crippen molar-refractivity contribution in [3.05, 3.63) is 35.6 Å². The molecule has 94 valence electrons. The molecule has 0 amide bonds. The van der Waals surface area contributed by atoms with Gasteiger partial charge >= 0.3 is 0 Å². The summed E-state index contributed by atoms with van der Waals surface area (Å²) in [4.78, 5) is 0. The number of halogens is 1. The maximum Gasteiger partial charge on any atom is 0.154 e. The molecule has 2 atom stereocenters. The predicted octanol–water partition coefficient (Wildman–Crippen LogP) is 1.66. The monoisotopic (exact) mass is 257 g/mol. The van der Waals surface area contributed by atoms with Crippen LogP contribution >= 0.6 is 0 Å². The summed E-state index contributed by atoms with van der Waals surface area (Å²) >= 11 is 0. The fourth-order valence-electron chi connectivity index (χ4n) is 2.18. The molecule has 1 heterocycles. The number of benzene rings is 1. The van der Waals surface area contributed by atoms with Gasteiger partial charge in [-0.2, -0.15) is 0 Å². The van der Waals surface area contributed by atoms with Crippen LogP contribution in [0.1, 0.15) is 24.9 Å². The van der Waals surface area contributed by atoms with Crippen molar-refractivity contribution in [3.63, 3.8) is 0 Å². The van der Waals surface area contributed by atoms with E-state index in [0.717, 1.165) is 0 Å². The van der Waals surface area contributed by atoms with E-state index in [1.807, 2.05) is 0 Å². The van der Waals surface area contributed by atoms with Gasteiger partial charge in [0.05, 0.1) is 11.0 Å². The van der Waals surface area contributed by atoms with Gasteiger partial charge in [-0.05, 0) is 37.6 Å². The molecule has 0 bridgehead atoms. The molecule has 0 saturated carbocycles. The van der Waals surface area contributed by atoms with Crippen molar-refractivity contribution in [2.45, 2.75) is 24.6 Å². The van der Waals surface area contributed by atoms with Gasteiger partial charge in [-0.1, -0.05) is 12.1 Å². The highest BCUT2D eigenvalue weighted by molar-refractivity contribution is 7.92. The second kappa shape index (κ2) is 4.74. The average molecular weight is 257 g/mol. The molecule has 1 aliphatic rings. The van der Waals surface area contributed by atoms with E-state index in [9.17, 15) is 12.8 Å². The lowest BCUT2D eigenvalue weighted by Gasteiger charge is -2.22. The molecule has 1 saturated heterocycles. The quantitative estimate of drug-likeness (QED) is 0.832. The van der Waals surface area contributed by atoms with Crippen LogP contribution in [0.3, 0.4) is 0 Å². The van der Waals surface area contributed by atoms with E-state index in [-0.39, 0.29) is 17.6 Å². The minimum absolute atomic E-state index is 0.201. The lowest BCUT2D eigenvalue weighted by molar-refractivity contribution is 0.516. The molecule has 3 nitrogen and oxygen atoms in total. The Balaban J connectivity index is 2.36. The standard InChI is InChI=1S/C12H16FNO2S/c1-9-12(10-4-2-5-11(13)8-10)14-6-3-7-17(9,15)16/h2,4-5,8-9,12,14H,3,6-7H2,1H3. The Morgan fingerprint density at radius 3 is 2.88 bits per heavy atom. The third kappa shape index (κ3) is 2.66. The Kier molecular flexibility index (Phi) is 3.49. The number of rotatable bonds is 1. The molecule has 1 aromatic carbocycles. The Hall–Kier alpha value is -0.940. The molecule has 0 radical (unpaired) electrons. The number of hydrogen-bond donors (Lipinski definition) is 1. The molecule has 5 heteroatoms. The van der Waals surface area contributed by atoms with Crippen LogP contribution in [0.4, 0.5) is 4.39 Å². The van der Waals surface area contributed by atoms with Crippen LogP contribution < -0.4 is 5.32 Å². The zero-order chi connectivity index (χ0) is 12.5. The van der Waals surface area contributed by atoms with Crippen molar-refractivity contribution >= 4 is 9.84 Å². The highest BCUT2D eigenvalue weighted by Crippen LogP contribution is 2.25. The van der Waals surface area contributed by atoms with E-state index >= 15 is 0 Å². The third-order valence-corrected chi connectivity index (χ3v) is 5.48. The van der Waals surface area contributed by atoms with Crippen molar-refractivity contribution in [1.82, 2.24) is 5.32 Å². The van der Waals surface area contributed by atoms with Gasteiger partial charge in [0.1, 0.15) is 5.82 Å². The minimum Gasteiger partial charge on any atom is -0.309 e. The molecule has 1 aliphatic heterocycles. The lowest BCUT2D eigenvalue weighted by atomic mass is 10.0. The van der Waals surface area contributed by atoms with Gasteiger partial charge < -0.3 is 5.32 Å². The lowest BCUT2D eigenvalue weighted by Crippen LogP contribution is -2.33. The Labute approximate surface area is 101 Å². The first kappa shape index (κ1) is 12.5. The summed E-state index contributed by atoms with van der Waals surface area (Å²) in [7, 11) is -3.09. The van der Waals surface area contributed by atoms with Gasteiger partial charge in [0.2, 0.25) is 0 Å². The molecule has 2 rings (SSSR count). The summed E-state index contributed by atoms with van der Waals surface area (Å²) in [5.41, 5.74) is 0.697. The first-order valence-electron chi connectivity index (χ1n) is 5.71. The van der Waals surface area contributed by atoms with Gasteiger partial charge in [-0.3, -0.25) is 0 Å². The molecule has 1 fully saturated rings. The second-order valence-corrected chi connectivity index (χ2v) is 6.89. The zero-order valence-electron chi connectivity index (χ0n) is 9.69. The van der Waals surface area contributed by atoms with E-state index < -0.39 is 15.1 Å². The highest BCUT2D eigenvalue weighted by Gasteiger charge is 2.32. The third-order valence-electron chi connectivity index (χ3n) is 3.21. The van der Waals surface area contributed by atoms with E-state index in [1.165, 1.54) is 12.1 Å². The molecular weight excluding hydrogens is 241 g/mol. The van der Waals surface area contributed by atoms with Crippen LogP contribution in [0.15, 0.2) is 24.3 Å². The fourth-order valence-corrected chi connectivity index (χ4v) is 3.77. The molecule has 0 aromatic heterocycles. The van der Waals surface area contributed by atoms with Crippen LogP contribution in [0.5, 0.6) is 0 Å². The van der Waals surface area contributed by atoms with E-state index in [1.54, 1.807) is 19.1 Å². The maximum atomic E-state index is 13.2. The largest absolute Gasteiger partial charge is 0.309 e. The summed E-state index contributed by atoms with van der Waals surface area (Å²) in [5.74, 6) is -0.134. The SMILES string of the molecule is CC1C(c2cccc(F)c2)NCCCS1(=O)=O. The van der Waals surface area contributed by atoms with E-state index in [4.69, 9.17) is 0 Å². The summed E-state index contributed by atoms with van der Waals surface area (Å²) in [5, 5.41) is 2.66. The van der Waals surface area contributed by atoms with Crippen molar-refractivity contribution < 1.29 is 12.8 Å². The van der Waals surface area contributed by atoms with Gasteiger partial charge in [-0.25, -0.2) is 12.8 Å². The van der Waals surface area contributed by atoms with Gasteiger partial charge in [0, 0.05) is 6.04 Å². The first-order chi connectivity index (χ1) is 8.00. The topological polar surface area (TPSA) is 46.2 Å². The number of sulfone groups is 1. The van der Waals surface area contributed by atoms with Crippen molar-refractivity contribution in [1.29, 1.82) is 0 Å². The van der Waals surface area contributed by atoms with Crippen molar-refractivity contribution in [2.24, 2.45) is 0 Å². The Morgan fingerprint density at radius 1 is 1.41 bits per heavy atom. The van der Waals surface area contributed by atoms with Crippen molar-refractivity contribution in [2.75, 3.05) is 12.3 Å². The molecule has 0 aliphatic carbocycles. The molecular formula is C12H16FNO2S. The average Bonchev–Trinajstić information content (AvgIpc) is 2.40. The predicted molar refractivity (Wildman–Crippen MR) is 65.0 cm³/mol. The highest BCUT2D eigenvalue weighted by atomic mass is 32.2. The Bertz CT molecular complexity index is 501. The molecule has 1 aromatic rings. The summed E-state index contributed by atoms with van der Waals surface area (Å²) < 4.78 is 37.0. The normalized spacial score (nSPS) is 28.6.